The van der Waals surface area contributed by atoms with Crippen LogP contribution in [0.2, 0.25) is 0 Å². The van der Waals surface area contributed by atoms with Crippen LogP contribution in [-0.2, 0) is 29.3 Å². The molecule has 0 saturated carbocycles. The first-order valence-corrected chi connectivity index (χ1v) is 11.6. The lowest BCUT2D eigenvalue weighted by Crippen LogP contribution is -2.28. The molecule has 0 aromatic heterocycles. The van der Waals surface area contributed by atoms with E-state index in [0.29, 0.717) is 16.7 Å². The molecular weight excluding hydrogens is 374 g/mol. The van der Waals surface area contributed by atoms with E-state index in [4.69, 9.17) is 4.74 Å². The Morgan fingerprint density at radius 1 is 1.07 bits per heavy atom. The van der Waals surface area contributed by atoms with Crippen LogP contribution in [0, 0.1) is 0 Å². The third-order valence-electron chi connectivity index (χ3n) is 5.21. The molecule has 2 aromatic rings. The second kappa shape index (κ2) is 8.13. The second-order valence-corrected chi connectivity index (χ2v) is 9.98. The van der Waals surface area contributed by atoms with E-state index in [1.54, 1.807) is 12.1 Å². The zero-order valence-corrected chi connectivity index (χ0v) is 17.8. The number of fused-ring (bicyclic) bond motifs is 1. The SMILES string of the molecule is CC(C)Oc1cc(CC[C@@H](C)N2Cc3ccc(S(C)(=O)=O)cc3C2)ccc1O. The lowest BCUT2D eigenvalue weighted by molar-refractivity contribution is 0.203. The predicted molar refractivity (Wildman–Crippen MR) is 110 cm³/mol. The Bertz CT molecular complexity index is 953. The first-order valence-electron chi connectivity index (χ1n) is 9.68. The Balaban J connectivity index is 1.62. The van der Waals surface area contributed by atoms with Gasteiger partial charge in [0.05, 0.1) is 11.0 Å². The predicted octanol–water partition coefficient (Wildman–Crippen LogP) is 3.92. The molecule has 0 bridgehead atoms. The fourth-order valence-electron chi connectivity index (χ4n) is 3.56. The molecule has 5 nitrogen and oxygen atoms in total. The molecule has 2 aromatic carbocycles. The smallest absolute Gasteiger partial charge is 0.175 e. The fourth-order valence-corrected chi connectivity index (χ4v) is 4.23. The minimum Gasteiger partial charge on any atom is -0.504 e. The Hall–Kier alpha value is -2.05. The van der Waals surface area contributed by atoms with Crippen molar-refractivity contribution in [3.63, 3.8) is 0 Å². The number of rotatable bonds is 7. The summed E-state index contributed by atoms with van der Waals surface area (Å²) >= 11 is 0. The van der Waals surface area contributed by atoms with Gasteiger partial charge in [-0.15, -0.1) is 0 Å². The van der Waals surface area contributed by atoms with Crippen molar-refractivity contribution >= 4 is 9.84 Å². The largest absolute Gasteiger partial charge is 0.504 e. The number of benzene rings is 2. The summed E-state index contributed by atoms with van der Waals surface area (Å²) in [6.45, 7) is 7.70. The Morgan fingerprint density at radius 2 is 1.79 bits per heavy atom. The highest BCUT2D eigenvalue weighted by Crippen LogP contribution is 2.30. The van der Waals surface area contributed by atoms with Crippen LogP contribution in [0.25, 0.3) is 0 Å². The summed E-state index contributed by atoms with van der Waals surface area (Å²) in [6.07, 6.45) is 3.12. The van der Waals surface area contributed by atoms with Crippen LogP contribution >= 0.6 is 0 Å². The van der Waals surface area contributed by atoms with E-state index in [1.165, 1.54) is 11.8 Å². The lowest BCUT2D eigenvalue weighted by atomic mass is 10.0. The number of nitrogens with zero attached hydrogens (tertiary/aromatic N) is 1. The molecular formula is C22H29NO4S. The highest BCUT2D eigenvalue weighted by atomic mass is 32.2. The number of phenolic OH excluding ortho intramolecular Hbond substituents is 1. The van der Waals surface area contributed by atoms with Crippen LogP contribution < -0.4 is 4.74 Å². The van der Waals surface area contributed by atoms with Gasteiger partial charge < -0.3 is 9.84 Å². The Kier molecular flexibility index (Phi) is 6.01. The maximum atomic E-state index is 11.8. The van der Waals surface area contributed by atoms with Crippen LogP contribution in [0.1, 0.15) is 43.9 Å². The molecule has 6 heteroatoms. The Morgan fingerprint density at radius 3 is 2.46 bits per heavy atom. The van der Waals surface area contributed by atoms with Gasteiger partial charge in [0.15, 0.2) is 21.3 Å². The van der Waals surface area contributed by atoms with E-state index in [-0.39, 0.29) is 11.9 Å². The number of aryl methyl sites for hydroxylation is 1. The standard InChI is InChI=1S/C22H29NO4S/c1-15(2)27-22-11-17(7-10-21(22)24)6-5-16(3)23-13-18-8-9-20(28(4,25)26)12-19(18)14-23/h7-12,15-16,24H,5-6,13-14H2,1-4H3/t16-/m1/s1. The summed E-state index contributed by atoms with van der Waals surface area (Å²) in [5.41, 5.74) is 3.44. The van der Waals surface area contributed by atoms with Crippen LogP contribution in [-0.4, -0.2) is 36.8 Å². The molecule has 1 N–H and O–H groups in total. The molecule has 0 radical (unpaired) electrons. The van der Waals surface area contributed by atoms with E-state index in [2.05, 4.69) is 11.8 Å². The molecule has 0 unspecified atom stereocenters. The average molecular weight is 404 g/mol. The molecule has 1 aliphatic heterocycles. The number of ether oxygens (including phenoxy) is 1. The van der Waals surface area contributed by atoms with Gasteiger partial charge >= 0.3 is 0 Å². The highest BCUT2D eigenvalue weighted by molar-refractivity contribution is 7.90. The third kappa shape index (κ3) is 4.86. The summed E-state index contributed by atoms with van der Waals surface area (Å²) in [7, 11) is -3.18. The summed E-state index contributed by atoms with van der Waals surface area (Å²) in [4.78, 5) is 2.77. The van der Waals surface area contributed by atoms with Gasteiger partial charge in [0.1, 0.15) is 0 Å². The van der Waals surface area contributed by atoms with Gasteiger partial charge in [-0.3, -0.25) is 4.90 Å². The molecule has 1 heterocycles. The average Bonchev–Trinajstić information content (AvgIpc) is 3.04. The van der Waals surface area contributed by atoms with E-state index >= 15 is 0 Å². The van der Waals surface area contributed by atoms with E-state index in [0.717, 1.165) is 37.1 Å². The quantitative estimate of drug-likeness (QED) is 0.759. The van der Waals surface area contributed by atoms with E-state index < -0.39 is 9.84 Å². The summed E-state index contributed by atoms with van der Waals surface area (Å²) in [6, 6.07) is 11.4. The molecule has 3 rings (SSSR count). The molecule has 1 aliphatic rings. The number of hydrogen-bond acceptors (Lipinski definition) is 5. The fraction of sp³-hybridized carbons (Fsp3) is 0.455. The molecule has 0 fully saturated rings. The van der Waals surface area contributed by atoms with Gasteiger partial charge in [-0.1, -0.05) is 12.1 Å². The van der Waals surface area contributed by atoms with Crippen LogP contribution in [0.4, 0.5) is 0 Å². The normalized spacial score (nSPS) is 15.6. The van der Waals surface area contributed by atoms with Gasteiger partial charge in [0.25, 0.3) is 0 Å². The maximum Gasteiger partial charge on any atom is 0.175 e. The first kappa shape index (κ1) is 20.7. The number of hydrogen-bond donors (Lipinski definition) is 1. The lowest BCUT2D eigenvalue weighted by Gasteiger charge is -2.24. The van der Waals surface area contributed by atoms with Crippen molar-refractivity contribution in [3.8, 4) is 11.5 Å². The first-order chi connectivity index (χ1) is 13.1. The van der Waals surface area contributed by atoms with Crippen LogP contribution in [0.3, 0.4) is 0 Å². The van der Waals surface area contributed by atoms with Gasteiger partial charge in [-0.05, 0) is 74.6 Å². The van der Waals surface area contributed by atoms with Crippen molar-refractivity contribution in [2.24, 2.45) is 0 Å². The van der Waals surface area contributed by atoms with Crippen molar-refractivity contribution in [1.82, 2.24) is 4.90 Å². The number of phenols is 1. The summed E-state index contributed by atoms with van der Waals surface area (Å²) in [5, 5.41) is 9.94. The summed E-state index contributed by atoms with van der Waals surface area (Å²) < 4.78 is 29.2. The molecule has 0 saturated heterocycles. The molecule has 0 amide bonds. The Labute approximate surface area is 167 Å². The molecule has 152 valence electrons. The van der Waals surface area contributed by atoms with Crippen molar-refractivity contribution in [2.75, 3.05) is 6.26 Å². The number of sulfone groups is 1. The highest BCUT2D eigenvalue weighted by Gasteiger charge is 2.24. The monoisotopic (exact) mass is 403 g/mol. The van der Waals surface area contributed by atoms with E-state index in [1.807, 2.05) is 38.1 Å². The van der Waals surface area contributed by atoms with Gasteiger partial charge in [-0.25, -0.2) is 8.42 Å². The second-order valence-electron chi connectivity index (χ2n) is 7.96. The van der Waals surface area contributed by atoms with Gasteiger partial charge in [-0.2, -0.15) is 0 Å². The minimum atomic E-state index is -3.18. The maximum absolute atomic E-state index is 11.8. The molecule has 0 spiro atoms. The third-order valence-corrected chi connectivity index (χ3v) is 6.32. The van der Waals surface area contributed by atoms with Crippen molar-refractivity contribution in [1.29, 1.82) is 0 Å². The van der Waals surface area contributed by atoms with Crippen LogP contribution in [0.15, 0.2) is 41.3 Å². The summed E-state index contributed by atoms with van der Waals surface area (Å²) in [5.74, 6) is 0.698. The molecule has 28 heavy (non-hydrogen) atoms. The van der Waals surface area contributed by atoms with Crippen molar-refractivity contribution in [3.05, 3.63) is 53.1 Å². The van der Waals surface area contributed by atoms with E-state index in [9.17, 15) is 13.5 Å². The minimum absolute atomic E-state index is 0.0139. The number of aromatic hydroxyl groups is 1. The van der Waals surface area contributed by atoms with Gasteiger partial charge in [0, 0.05) is 25.4 Å². The molecule has 1 atom stereocenters. The molecule has 0 aliphatic carbocycles. The zero-order chi connectivity index (χ0) is 20.5. The zero-order valence-electron chi connectivity index (χ0n) is 17.0. The van der Waals surface area contributed by atoms with Crippen molar-refractivity contribution < 1.29 is 18.3 Å². The van der Waals surface area contributed by atoms with Crippen LogP contribution in [0.5, 0.6) is 11.5 Å². The topological polar surface area (TPSA) is 66.8 Å². The van der Waals surface area contributed by atoms with Gasteiger partial charge in [0.2, 0.25) is 0 Å². The van der Waals surface area contributed by atoms with Crippen molar-refractivity contribution in [2.45, 2.75) is 63.7 Å².